The molecule has 0 aliphatic heterocycles. The van der Waals surface area contributed by atoms with Gasteiger partial charge in [-0.3, -0.25) is 0 Å². The lowest BCUT2D eigenvalue weighted by molar-refractivity contribution is 0.258. The Labute approximate surface area is 110 Å². The Balaban J connectivity index is 2.79. The van der Waals surface area contributed by atoms with Crippen molar-refractivity contribution in [1.82, 2.24) is 0 Å². The van der Waals surface area contributed by atoms with E-state index >= 15 is 0 Å². The lowest BCUT2D eigenvalue weighted by Gasteiger charge is -2.32. The molecule has 0 N–H and O–H groups in total. The van der Waals surface area contributed by atoms with E-state index in [1.165, 1.54) is 5.56 Å². The standard InChI is InChI=1S/C13H18Br2/c1-10(2)13(3,9-14)8-11-4-6-12(15)7-5-11/h4-7,10H,8-9H2,1-3H3. The highest BCUT2D eigenvalue weighted by Crippen LogP contribution is 2.33. The first kappa shape index (κ1) is 13.2. The summed E-state index contributed by atoms with van der Waals surface area (Å²) in [5, 5.41) is 1.05. The average molecular weight is 334 g/mol. The predicted octanol–water partition coefficient (Wildman–Crippen LogP) is 5.05. The molecular formula is C13H18Br2. The van der Waals surface area contributed by atoms with E-state index in [0.29, 0.717) is 11.3 Å². The summed E-state index contributed by atoms with van der Waals surface area (Å²) in [6.45, 7) is 6.93. The minimum Gasteiger partial charge on any atom is -0.0922 e. The fourth-order valence-corrected chi connectivity index (χ4v) is 2.58. The van der Waals surface area contributed by atoms with Crippen LogP contribution in [-0.2, 0) is 6.42 Å². The molecule has 0 aliphatic carbocycles. The van der Waals surface area contributed by atoms with Gasteiger partial charge in [-0.15, -0.1) is 0 Å². The molecule has 15 heavy (non-hydrogen) atoms. The van der Waals surface area contributed by atoms with Crippen LogP contribution in [-0.4, -0.2) is 5.33 Å². The molecule has 1 rings (SSSR count). The molecule has 0 heterocycles. The van der Waals surface area contributed by atoms with Crippen molar-refractivity contribution in [3.8, 4) is 0 Å². The molecular weight excluding hydrogens is 316 g/mol. The maximum Gasteiger partial charge on any atom is 0.0175 e. The van der Waals surface area contributed by atoms with Crippen molar-refractivity contribution in [2.45, 2.75) is 27.2 Å². The van der Waals surface area contributed by atoms with E-state index in [2.05, 4.69) is 76.9 Å². The first-order valence-electron chi connectivity index (χ1n) is 5.28. The van der Waals surface area contributed by atoms with Crippen LogP contribution in [0.1, 0.15) is 26.3 Å². The van der Waals surface area contributed by atoms with Crippen LogP contribution in [0.5, 0.6) is 0 Å². The van der Waals surface area contributed by atoms with Crippen molar-refractivity contribution < 1.29 is 0 Å². The van der Waals surface area contributed by atoms with Crippen molar-refractivity contribution >= 4 is 31.9 Å². The lowest BCUT2D eigenvalue weighted by atomic mass is 9.76. The molecule has 0 spiro atoms. The minimum atomic E-state index is 0.341. The molecule has 0 fully saturated rings. The van der Waals surface area contributed by atoms with E-state index in [0.717, 1.165) is 16.2 Å². The predicted molar refractivity (Wildman–Crippen MR) is 74.6 cm³/mol. The Morgan fingerprint density at radius 1 is 1.20 bits per heavy atom. The van der Waals surface area contributed by atoms with Crippen molar-refractivity contribution in [3.05, 3.63) is 34.3 Å². The van der Waals surface area contributed by atoms with Gasteiger partial charge in [-0.1, -0.05) is 64.8 Å². The number of hydrogen-bond donors (Lipinski definition) is 0. The average Bonchev–Trinajstić information content (AvgIpc) is 2.21. The van der Waals surface area contributed by atoms with Crippen LogP contribution in [0.25, 0.3) is 0 Å². The summed E-state index contributed by atoms with van der Waals surface area (Å²) < 4.78 is 1.15. The molecule has 84 valence electrons. The third-order valence-corrected chi connectivity index (χ3v) is 5.03. The number of hydrogen-bond acceptors (Lipinski definition) is 0. The zero-order chi connectivity index (χ0) is 11.5. The van der Waals surface area contributed by atoms with Gasteiger partial charge in [0.25, 0.3) is 0 Å². The number of benzene rings is 1. The number of rotatable bonds is 4. The Kier molecular flexibility index (Phi) is 4.85. The van der Waals surface area contributed by atoms with Crippen molar-refractivity contribution in [2.75, 3.05) is 5.33 Å². The molecule has 0 saturated heterocycles. The van der Waals surface area contributed by atoms with Crippen LogP contribution >= 0.6 is 31.9 Å². The fourth-order valence-electron chi connectivity index (χ4n) is 1.47. The second kappa shape index (κ2) is 5.49. The second-order valence-electron chi connectivity index (χ2n) is 4.75. The Morgan fingerprint density at radius 2 is 1.73 bits per heavy atom. The van der Waals surface area contributed by atoms with E-state index in [1.807, 2.05) is 0 Å². The van der Waals surface area contributed by atoms with E-state index in [4.69, 9.17) is 0 Å². The summed E-state index contributed by atoms with van der Waals surface area (Å²) in [5.41, 5.74) is 1.75. The van der Waals surface area contributed by atoms with Gasteiger partial charge >= 0.3 is 0 Å². The maximum absolute atomic E-state index is 3.64. The normalized spacial score (nSPS) is 15.3. The van der Waals surface area contributed by atoms with Crippen LogP contribution in [0, 0.1) is 11.3 Å². The monoisotopic (exact) mass is 332 g/mol. The SMILES string of the molecule is CC(C)C(C)(CBr)Cc1ccc(Br)cc1. The molecule has 0 amide bonds. The highest BCUT2D eigenvalue weighted by atomic mass is 79.9. The van der Waals surface area contributed by atoms with Crippen molar-refractivity contribution in [1.29, 1.82) is 0 Å². The highest BCUT2D eigenvalue weighted by Gasteiger charge is 2.27. The Morgan fingerprint density at radius 3 is 2.13 bits per heavy atom. The molecule has 1 aromatic carbocycles. The van der Waals surface area contributed by atoms with Gasteiger partial charge in [0.2, 0.25) is 0 Å². The van der Waals surface area contributed by atoms with Gasteiger partial charge in [0.1, 0.15) is 0 Å². The Bertz CT molecular complexity index is 303. The van der Waals surface area contributed by atoms with Crippen molar-refractivity contribution in [2.24, 2.45) is 11.3 Å². The molecule has 1 atom stereocenters. The third kappa shape index (κ3) is 3.60. The van der Waals surface area contributed by atoms with Crippen LogP contribution in [0.15, 0.2) is 28.7 Å². The molecule has 0 nitrogen and oxygen atoms in total. The summed E-state index contributed by atoms with van der Waals surface area (Å²) in [6, 6.07) is 8.63. The minimum absolute atomic E-state index is 0.341. The number of halogens is 2. The Hall–Kier alpha value is 0.180. The zero-order valence-electron chi connectivity index (χ0n) is 9.56. The van der Waals surface area contributed by atoms with E-state index in [1.54, 1.807) is 0 Å². The molecule has 0 aliphatic rings. The van der Waals surface area contributed by atoms with Gasteiger partial charge in [-0.2, -0.15) is 0 Å². The van der Waals surface area contributed by atoms with Gasteiger partial charge in [0.15, 0.2) is 0 Å². The summed E-state index contributed by atoms with van der Waals surface area (Å²) in [7, 11) is 0. The largest absolute Gasteiger partial charge is 0.0922 e. The van der Waals surface area contributed by atoms with Gasteiger partial charge in [0.05, 0.1) is 0 Å². The summed E-state index contributed by atoms with van der Waals surface area (Å²) in [4.78, 5) is 0. The van der Waals surface area contributed by atoms with Gasteiger partial charge < -0.3 is 0 Å². The first-order chi connectivity index (χ1) is 6.98. The van der Waals surface area contributed by atoms with E-state index in [-0.39, 0.29) is 0 Å². The first-order valence-corrected chi connectivity index (χ1v) is 7.20. The second-order valence-corrected chi connectivity index (χ2v) is 6.22. The molecule has 0 radical (unpaired) electrons. The molecule has 0 saturated carbocycles. The fraction of sp³-hybridized carbons (Fsp3) is 0.538. The zero-order valence-corrected chi connectivity index (χ0v) is 12.7. The molecule has 2 heteroatoms. The summed E-state index contributed by atoms with van der Waals surface area (Å²) >= 11 is 7.10. The van der Waals surface area contributed by atoms with Crippen molar-refractivity contribution in [3.63, 3.8) is 0 Å². The lowest BCUT2D eigenvalue weighted by Crippen LogP contribution is -2.27. The quantitative estimate of drug-likeness (QED) is 0.676. The molecule has 1 unspecified atom stereocenters. The molecule has 1 aromatic rings. The smallest absolute Gasteiger partial charge is 0.0175 e. The third-order valence-electron chi connectivity index (χ3n) is 3.22. The molecule has 0 bridgehead atoms. The number of alkyl halides is 1. The maximum atomic E-state index is 3.64. The van der Waals surface area contributed by atoms with Gasteiger partial charge in [-0.05, 0) is 35.4 Å². The van der Waals surface area contributed by atoms with Crippen LogP contribution < -0.4 is 0 Å². The van der Waals surface area contributed by atoms with Gasteiger partial charge in [0, 0.05) is 9.80 Å². The van der Waals surface area contributed by atoms with E-state index in [9.17, 15) is 0 Å². The topological polar surface area (TPSA) is 0 Å². The van der Waals surface area contributed by atoms with Crippen LogP contribution in [0.3, 0.4) is 0 Å². The molecule has 0 aromatic heterocycles. The van der Waals surface area contributed by atoms with Crippen LogP contribution in [0.4, 0.5) is 0 Å². The highest BCUT2D eigenvalue weighted by molar-refractivity contribution is 9.10. The van der Waals surface area contributed by atoms with E-state index < -0.39 is 0 Å². The van der Waals surface area contributed by atoms with Crippen LogP contribution in [0.2, 0.25) is 0 Å². The summed E-state index contributed by atoms with van der Waals surface area (Å²) in [6.07, 6.45) is 1.13. The summed E-state index contributed by atoms with van der Waals surface area (Å²) in [5.74, 6) is 0.681. The van der Waals surface area contributed by atoms with Gasteiger partial charge in [-0.25, -0.2) is 0 Å².